The van der Waals surface area contributed by atoms with Crippen molar-refractivity contribution in [3.63, 3.8) is 0 Å². The van der Waals surface area contributed by atoms with E-state index in [9.17, 15) is 4.79 Å². The van der Waals surface area contributed by atoms with Gasteiger partial charge < -0.3 is 14.2 Å². The number of hydrogen-bond donors (Lipinski definition) is 0. The minimum Gasteiger partial charge on any atom is -0.488 e. The molecule has 0 unspecified atom stereocenters. The van der Waals surface area contributed by atoms with Gasteiger partial charge in [0.1, 0.15) is 12.4 Å². The Balaban J connectivity index is 1.54. The van der Waals surface area contributed by atoms with Crippen LogP contribution in [0.3, 0.4) is 0 Å². The highest BCUT2D eigenvalue weighted by molar-refractivity contribution is 5.99. The third-order valence-electron chi connectivity index (χ3n) is 5.32. The first-order chi connectivity index (χ1) is 13.3. The molecule has 2 aliphatic heterocycles. The van der Waals surface area contributed by atoms with Crippen LogP contribution in [0.4, 0.5) is 0 Å². The van der Waals surface area contributed by atoms with E-state index >= 15 is 0 Å². The minimum atomic E-state index is -0.0829. The molecular formula is C23H20N2O2. The lowest BCUT2D eigenvalue weighted by atomic mass is 9.98. The third kappa shape index (κ3) is 2.74. The van der Waals surface area contributed by atoms with Crippen LogP contribution in [-0.2, 0) is 11.3 Å². The topological polar surface area (TPSA) is 34.5 Å². The van der Waals surface area contributed by atoms with Crippen molar-refractivity contribution in [2.24, 2.45) is 0 Å². The Morgan fingerprint density at radius 2 is 1.74 bits per heavy atom. The van der Waals surface area contributed by atoms with Crippen LogP contribution in [0.5, 0.6) is 5.75 Å². The van der Waals surface area contributed by atoms with Crippen LogP contribution in [0.25, 0.3) is 6.08 Å². The molecule has 2 aromatic carbocycles. The van der Waals surface area contributed by atoms with Crippen molar-refractivity contribution in [2.45, 2.75) is 12.6 Å². The van der Waals surface area contributed by atoms with Crippen LogP contribution in [0, 0.1) is 0 Å². The normalized spacial score (nSPS) is 18.1. The summed E-state index contributed by atoms with van der Waals surface area (Å²) >= 11 is 0. The van der Waals surface area contributed by atoms with E-state index in [4.69, 9.17) is 4.74 Å². The van der Waals surface area contributed by atoms with E-state index in [0.29, 0.717) is 18.7 Å². The number of hydrogen-bond acceptors (Lipinski definition) is 2. The summed E-state index contributed by atoms with van der Waals surface area (Å²) in [6.45, 7) is 1.80. The molecule has 3 heterocycles. The smallest absolute Gasteiger partial charge is 0.254 e. The molecule has 1 atom stereocenters. The molecule has 4 nitrogen and oxygen atoms in total. The van der Waals surface area contributed by atoms with Crippen LogP contribution in [-0.4, -0.2) is 28.5 Å². The lowest BCUT2D eigenvalue weighted by Gasteiger charge is -2.38. The fraction of sp³-hybridized carbons (Fsp3) is 0.174. The maximum Gasteiger partial charge on any atom is 0.254 e. The van der Waals surface area contributed by atoms with E-state index in [1.165, 1.54) is 0 Å². The standard InChI is InChI=1S/C23H20N2O2/c26-23(19-15-18-9-4-5-11-21(18)27-16-19)25-14-13-24-12-6-10-20(24)22(25)17-7-2-1-3-8-17/h1-12,15,22H,13-14,16H2/t22-/m1/s1. The van der Waals surface area contributed by atoms with Crippen molar-refractivity contribution in [1.82, 2.24) is 9.47 Å². The minimum absolute atomic E-state index is 0.0470. The Kier molecular flexibility index (Phi) is 3.82. The van der Waals surface area contributed by atoms with E-state index in [-0.39, 0.29) is 11.9 Å². The van der Waals surface area contributed by atoms with Crippen molar-refractivity contribution < 1.29 is 9.53 Å². The molecule has 0 radical (unpaired) electrons. The van der Waals surface area contributed by atoms with Crippen molar-refractivity contribution >= 4 is 12.0 Å². The number of nitrogens with zero attached hydrogens (tertiary/aromatic N) is 2. The van der Waals surface area contributed by atoms with Gasteiger partial charge in [-0.3, -0.25) is 4.79 Å². The largest absolute Gasteiger partial charge is 0.488 e. The van der Waals surface area contributed by atoms with Crippen molar-refractivity contribution in [3.8, 4) is 5.75 Å². The van der Waals surface area contributed by atoms with E-state index in [1.54, 1.807) is 0 Å². The first-order valence-electron chi connectivity index (χ1n) is 9.24. The summed E-state index contributed by atoms with van der Waals surface area (Å²) < 4.78 is 8.06. The summed E-state index contributed by atoms with van der Waals surface area (Å²) in [4.78, 5) is 15.4. The van der Waals surface area contributed by atoms with E-state index in [0.717, 1.165) is 29.1 Å². The van der Waals surface area contributed by atoms with Gasteiger partial charge in [0.25, 0.3) is 5.91 Å². The number of carbonyl (C=O) groups is 1. The second-order valence-corrected chi connectivity index (χ2v) is 6.93. The number of aromatic nitrogens is 1. The van der Waals surface area contributed by atoms with Gasteiger partial charge in [-0.25, -0.2) is 0 Å². The number of benzene rings is 2. The van der Waals surface area contributed by atoms with Gasteiger partial charge >= 0.3 is 0 Å². The van der Waals surface area contributed by atoms with E-state index in [2.05, 4.69) is 35.0 Å². The van der Waals surface area contributed by atoms with Gasteiger partial charge in [0, 0.05) is 30.5 Å². The van der Waals surface area contributed by atoms with Crippen molar-refractivity contribution in [2.75, 3.05) is 13.2 Å². The molecule has 1 amide bonds. The molecule has 0 spiro atoms. The maximum atomic E-state index is 13.4. The van der Waals surface area contributed by atoms with E-state index < -0.39 is 0 Å². The molecule has 0 saturated heterocycles. The second-order valence-electron chi connectivity index (χ2n) is 6.93. The van der Waals surface area contributed by atoms with Gasteiger partial charge in [-0.1, -0.05) is 48.5 Å². The maximum absolute atomic E-state index is 13.4. The van der Waals surface area contributed by atoms with Gasteiger partial charge in [0.2, 0.25) is 0 Å². The molecular weight excluding hydrogens is 336 g/mol. The fourth-order valence-electron chi connectivity index (χ4n) is 4.01. The van der Waals surface area contributed by atoms with Gasteiger partial charge in [-0.15, -0.1) is 0 Å². The number of rotatable bonds is 2. The van der Waals surface area contributed by atoms with Crippen LogP contribution in [0.15, 0.2) is 78.5 Å². The van der Waals surface area contributed by atoms with Crippen LogP contribution < -0.4 is 4.74 Å². The summed E-state index contributed by atoms with van der Waals surface area (Å²) in [7, 11) is 0. The van der Waals surface area contributed by atoms with Crippen LogP contribution in [0.1, 0.15) is 22.9 Å². The quantitative estimate of drug-likeness (QED) is 0.698. The average molecular weight is 356 g/mol. The number of para-hydroxylation sites is 1. The summed E-state index contributed by atoms with van der Waals surface area (Å²) in [6, 6.07) is 22.2. The Hall–Kier alpha value is -3.27. The van der Waals surface area contributed by atoms with Crippen molar-refractivity contribution in [3.05, 3.63) is 95.3 Å². The first-order valence-corrected chi connectivity index (χ1v) is 9.24. The molecule has 1 aromatic heterocycles. The molecule has 0 fully saturated rings. The Labute approximate surface area is 158 Å². The highest BCUT2D eigenvalue weighted by Crippen LogP contribution is 2.34. The highest BCUT2D eigenvalue weighted by Gasteiger charge is 2.34. The SMILES string of the molecule is O=C(C1=Cc2ccccc2OC1)N1CCn2cccc2[C@H]1c1ccccc1. The monoisotopic (exact) mass is 356 g/mol. The number of carbonyl (C=O) groups excluding carboxylic acids is 1. The average Bonchev–Trinajstić information content (AvgIpc) is 3.21. The molecule has 27 heavy (non-hydrogen) atoms. The Morgan fingerprint density at radius 1 is 0.926 bits per heavy atom. The third-order valence-corrected chi connectivity index (χ3v) is 5.32. The highest BCUT2D eigenvalue weighted by atomic mass is 16.5. The molecule has 3 aromatic rings. The Morgan fingerprint density at radius 3 is 2.63 bits per heavy atom. The lowest BCUT2D eigenvalue weighted by molar-refractivity contribution is -0.130. The zero-order valence-electron chi connectivity index (χ0n) is 14.9. The van der Waals surface area contributed by atoms with Crippen LogP contribution in [0.2, 0.25) is 0 Å². The number of amides is 1. The molecule has 2 aliphatic rings. The van der Waals surface area contributed by atoms with Gasteiger partial charge in [-0.05, 0) is 29.8 Å². The summed E-state index contributed by atoms with van der Waals surface area (Å²) in [6.07, 6.45) is 4.06. The van der Waals surface area contributed by atoms with Gasteiger partial charge in [0.05, 0.1) is 11.6 Å². The number of fused-ring (bicyclic) bond motifs is 2. The zero-order chi connectivity index (χ0) is 18.2. The van der Waals surface area contributed by atoms with Crippen LogP contribution >= 0.6 is 0 Å². The lowest BCUT2D eigenvalue weighted by Crippen LogP contribution is -2.43. The molecule has 0 saturated carbocycles. The molecule has 4 heteroatoms. The van der Waals surface area contributed by atoms with E-state index in [1.807, 2.05) is 53.4 Å². The predicted molar refractivity (Wildman–Crippen MR) is 104 cm³/mol. The van der Waals surface area contributed by atoms with Gasteiger partial charge in [-0.2, -0.15) is 0 Å². The molecule has 0 aliphatic carbocycles. The molecule has 0 bridgehead atoms. The summed E-state index contributed by atoms with van der Waals surface area (Å²) in [5.74, 6) is 0.881. The molecule has 134 valence electrons. The second kappa shape index (κ2) is 6.47. The predicted octanol–water partition coefficient (Wildman–Crippen LogP) is 3.90. The zero-order valence-corrected chi connectivity index (χ0v) is 14.9. The summed E-state index contributed by atoms with van der Waals surface area (Å²) in [5.41, 5.74) is 3.94. The first kappa shape index (κ1) is 15.9. The fourth-order valence-corrected chi connectivity index (χ4v) is 4.01. The molecule has 0 N–H and O–H groups in total. The van der Waals surface area contributed by atoms with Crippen molar-refractivity contribution in [1.29, 1.82) is 0 Å². The summed E-state index contributed by atoms with van der Waals surface area (Å²) in [5, 5.41) is 0. The molecule has 5 rings (SSSR count). The number of ether oxygens (including phenoxy) is 1. The van der Waals surface area contributed by atoms with Gasteiger partial charge in [0.15, 0.2) is 0 Å². The Bertz CT molecular complexity index is 1020.